The van der Waals surface area contributed by atoms with Crippen molar-refractivity contribution in [2.45, 2.75) is 13.5 Å². The number of piperazine rings is 1. The van der Waals surface area contributed by atoms with Crippen molar-refractivity contribution < 1.29 is 9.59 Å². The van der Waals surface area contributed by atoms with Gasteiger partial charge in [-0.25, -0.2) is 9.78 Å². The van der Waals surface area contributed by atoms with Gasteiger partial charge in [-0.2, -0.15) is 4.98 Å². The summed E-state index contributed by atoms with van der Waals surface area (Å²) >= 11 is 6.16. The number of nitrogens with zero attached hydrogens (tertiary/aromatic N) is 4. The van der Waals surface area contributed by atoms with Crippen LogP contribution in [0.5, 0.6) is 0 Å². The smallest absolute Gasteiger partial charge is 0.324 e. The molecule has 164 valence electrons. The van der Waals surface area contributed by atoms with Crippen LogP contribution < -0.4 is 15.5 Å². The zero-order chi connectivity index (χ0) is 22.5. The molecule has 0 unspecified atom stereocenters. The third-order valence-electron chi connectivity index (χ3n) is 5.05. The Hall–Kier alpha value is -3.65. The van der Waals surface area contributed by atoms with Crippen molar-refractivity contribution >= 4 is 41.0 Å². The molecule has 1 aromatic heterocycles. The van der Waals surface area contributed by atoms with E-state index in [-0.39, 0.29) is 23.4 Å². The first-order chi connectivity index (χ1) is 15.5. The number of carbonyl (C=O) groups is 2. The quantitative estimate of drug-likeness (QED) is 0.575. The second-order valence-electron chi connectivity index (χ2n) is 7.54. The summed E-state index contributed by atoms with van der Waals surface area (Å²) in [4.78, 5) is 37.2. The number of halogens is 1. The standard InChI is InChI=1S/C23H23ClN6O2/c1-16-7-9-18(10-8-16)25-23(32)28-20-13-19(24)26-22(27-20)30-12-11-29(21(31)15-30)14-17-5-3-2-4-6-17/h2-10,13H,11-12,14-15H2,1H3,(H2,25,26,27,28,32). The molecule has 3 aromatic rings. The summed E-state index contributed by atoms with van der Waals surface area (Å²) in [6.45, 7) is 3.78. The Bertz CT molecular complexity index is 1110. The summed E-state index contributed by atoms with van der Waals surface area (Å²) in [6, 6.07) is 18.3. The van der Waals surface area contributed by atoms with Crippen LogP contribution in [0.4, 0.5) is 22.2 Å². The minimum absolute atomic E-state index is 0.0182. The van der Waals surface area contributed by atoms with E-state index in [2.05, 4.69) is 20.6 Å². The molecule has 4 rings (SSSR count). The Morgan fingerprint density at radius 1 is 1.03 bits per heavy atom. The van der Waals surface area contributed by atoms with Crippen LogP contribution in [-0.2, 0) is 11.3 Å². The van der Waals surface area contributed by atoms with Crippen LogP contribution in [0, 0.1) is 6.92 Å². The Kier molecular flexibility index (Phi) is 6.51. The maximum Gasteiger partial charge on any atom is 0.324 e. The van der Waals surface area contributed by atoms with Crippen molar-refractivity contribution in [2.24, 2.45) is 0 Å². The van der Waals surface area contributed by atoms with Gasteiger partial charge in [0.2, 0.25) is 11.9 Å². The third kappa shape index (κ3) is 5.53. The maximum atomic E-state index is 12.7. The number of anilines is 3. The number of urea groups is 1. The van der Waals surface area contributed by atoms with Gasteiger partial charge in [0, 0.05) is 31.4 Å². The number of aromatic nitrogens is 2. The molecular formula is C23H23ClN6O2. The molecule has 0 bridgehead atoms. The van der Waals surface area contributed by atoms with Crippen LogP contribution in [0.1, 0.15) is 11.1 Å². The second-order valence-corrected chi connectivity index (χ2v) is 7.93. The fraction of sp³-hybridized carbons (Fsp3) is 0.217. The van der Waals surface area contributed by atoms with Gasteiger partial charge in [0.25, 0.3) is 0 Å². The minimum Gasteiger partial charge on any atom is -0.335 e. The summed E-state index contributed by atoms with van der Waals surface area (Å²) in [7, 11) is 0. The third-order valence-corrected chi connectivity index (χ3v) is 5.25. The molecule has 1 aliphatic heterocycles. The molecule has 0 radical (unpaired) electrons. The fourth-order valence-electron chi connectivity index (χ4n) is 3.38. The summed E-state index contributed by atoms with van der Waals surface area (Å²) in [5, 5.41) is 5.59. The lowest BCUT2D eigenvalue weighted by Gasteiger charge is -2.34. The van der Waals surface area contributed by atoms with Crippen LogP contribution >= 0.6 is 11.6 Å². The molecule has 3 amide bonds. The topological polar surface area (TPSA) is 90.5 Å². The van der Waals surface area contributed by atoms with Crippen LogP contribution in [-0.4, -0.2) is 46.4 Å². The maximum absolute atomic E-state index is 12.7. The van der Waals surface area contributed by atoms with Crippen LogP contribution in [0.2, 0.25) is 5.15 Å². The van der Waals surface area contributed by atoms with E-state index < -0.39 is 6.03 Å². The number of nitrogens with one attached hydrogen (secondary N) is 2. The molecule has 0 saturated carbocycles. The first-order valence-electron chi connectivity index (χ1n) is 10.2. The van der Waals surface area contributed by atoms with E-state index in [0.717, 1.165) is 11.1 Å². The predicted molar refractivity (Wildman–Crippen MR) is 125 cm³/mol. The number of carbonyl (C=O) groups excluding carboxylic acids is 2. The largest absolute Gasteiger partial charge is 0.335 e. The van der Waals surface area contributed by atoms with Crippen LogP contribution in [0.3, 0.4) is 0 Å². The zero-order valence-corrected chi connectivity index (χ0v) is 18.3. The lowest BCUT2D eigenvalue weighted by Crippen LogP contribution is -2.50. The Labute approximate surface area is 191 Å². The number of rotatable bonds is 5. The molecule has 2 aromatic carbocycles. The zero-order valence-electron chi connectivity index (χ0n) is 17.6. The van der Waals surface area contributed by atoms with E-state index in [1.54, 1.807) is 4.90 Å². The van der Waals surface area contributed by atoms with Gasteiger partial charge in [0.05, 0.1) is 0 Å². The van der Waals surface area contributed by atoms with E-state index in [4.69, 9.17) is 11.6 Å². The summed E-state index contributed by atoms with van der Waals surface area (Å²) in [6.07, 6.45) is 0. The molecule has 1 aliphatic rings. The van der Waals surface area contributed by atoms with Crippen molar-refractivity contribution in [3.8, 4) is 0 Å². The monoisotopic (exact) mass is 450 g/mol. The molecule has 9 heteroatoms. The normalized spacial score (nSPS) is 13.8. The van der Waals surface area contributed by atoms with Gasteiger partial charge < -0.3 is 15.1 Å². The van der Waals surface area contributed by atoms with E-state index >= 15 is 0 Å². The molecule has 32 heavy (non-hydrogen) atoms. The van der Waals surface area contributed by atoms with Crippen LogP contribution in [0.25, 0.3) is 0 Å². The number of hydrogen-bond acceptors (Lipinski definition) is 5. The average molecular weight is 451 g/mol. The van der Waals surface area contributed by atoms with E-state index in [0.29, 0.717) is 31.3 Å². The highest BCUT2D eigenvalue weighted by Crippen LogP contribution is 2.20. The molecule has 1 saturated heterocycles. The van der Waals surface area contributed by atoms with Gasteiger partial charge in [0.15, 0.2) is 0 Å². The summed E-state index contributed by atoms with van der Waals surface area (Å²) < 4.78 is 0. The highest BCUT2D eigenvalue weighted by Gasteiger charge is 2.26. The van der Waals surface area contributed by atoms with Gasteiger partial charge in [-0.15, -0.1) is 0 Å². The molecule has 1 fully saturated rings. The van der Waals surface area contributed by atoms with Gasteiger partial charge in [-0.05, 0) is 24.6 Å². The number of aryl methyl sites for hydroxylation is 1. The molecular weight excluding hydrogens is 428 g/mol. The Morgan fingerprint density at radius 3 is 2.50 bits per heavy atom. The van der Waals surface area contributed by atoms with E-state index in [1.165, 1.54) is 6.07 Å². The minimum atomic E-state index is -0.446. The first-order valence-corrected chi connectivity index (χ1v) is 10.6. The van der Waals surface area contributed by atoms with Crippen molar-refractivity contribution in [3.05, 3.63) is 76.9 Å². The number of amides is 3. The van der Waals surface area contributed by atoms with Gasteiger partial charge in [0.1, 0.15) is 17.5 Å². The van der Waals surface area contributed by atoms with E-state index in [9.17, 15) is 9.59 Å². The van der Waals surface area contributed by atoms with Crippen molar-refractivity contribution in [1.29, 1.82) is 0 Å². The Morgan fingerprint density at radius 2 is 1.78 bits per heavy atom. The van der Waals surface area contributed by atoms with Crippen molar-refractivity contribution in [1.82, 2.24) is 14.9 Å². The van der Waals surface area contributed by atoms with Crippen molar-refractivity contribution in [2.75, 3.05) is 35.2 Å². The van der Waals surface area contributed by atoms with Gasteiger partial charge in [-0.3, -0.25) is 10.1 Å². The first kappa shape index (κ1) is 21.6. The molecule has 0 atom stereocenters. The number of hydrogen-bond donors (Lipinski definition) is 2. The lowest BCUT2D eigenvalue weighted by atomic mass is 10.2. The molecule has 2 heterocycles. The number of benzene rings is 2. The van der Waals surface area contributed by atoms with Gasteiger partial charge in [-0.1, -0.05) is 59.6 Å². The second kappa shape index (κ2) is 9.65. The average Bonchev–Trinajstić information content (AvgIpc) is 2.77. The molecule has 0 spiro atoms. The summed E-state index contributed by atoms with van der Waals surface area (Å²) in [5.74, 6) is 0.537. The Balaban J connectivity index is 1.39. The lowest BCUT2D eigenvalue weighted by molar-refractivity contribution is -0.131. The highest BCUT2D eigenvalue weighted by atomic mass is 35.5. The summed E-state index contributed by atoms with van der Waals surface area (Å²) in [5.41, 5.74) is 2.84. The predicted octanol–water partition coefficient (Wildman–Crippen LogP) is 3.93. The molecule has 2 N–H and O–H groups in total. The highest BCUT2D eigenvalue weighted by molar-refractivity contribution is 6.29. The molecule has 0 aliphatic carbocycles. The van der Waals surface area contributed by atoms with Gasteiger partial charge >= 0.3 is 6.03 Å². The van der Waals surface area contributed by atoms with Crippen molar-refractivity contribution in [3.63, 3.8) is 0 Å². The fourth-order valence-corrected chi connectivity index (χ4v) is 3.56. The molecule has 8 nitrogen and oxygen atoms in total. The van der Waals surface area contributed by atoms with Crippen LogP contribution in [0.15, 0.2) is 60.7 Å². The van der Waals surface area contributed by atoms with E-state index in [1.807, 2.05) is 66.4 Å². The SMILES string of the molecule is Cc1ccc(NC(=O)Nc2cc(Cl)nc(N3CCN(Cc4ccccc4)C(=O)C3)n2)cc1.